The van der Waals surface area contributed by atoms with Crippen molar-refractivity contribution in [2.24, 2.45) is 5.92 Å². The third-order valence-electron chi connectivity index (χ3n) is 4.02. The van der Waals surface area contributed by atoms with Crippen molar-refractivity contribution < 1.29 is 13.9 Å². The van der Waals surface area contributed by atoms with Crippen molar-refractivity contribution in [2.75, 3.05) is 0 Å². The molecule has 0 spiro atoms. The average molecular weight is 278 g/mol. The first-order valence-electron chi connectivity index (χ1n) is 7.66. The first-order chi connectivity index (χ1) is 9.70. The van der Waals surface area contributed by atoms with Gasteiger partial charge in [0.05, 0.1) is 5.92 Å². The third-order valence-corrected chi connectivity index (χ3v) is 4.02. The van der Waals surface area contributed by atoms with Crippen LogP contribution in [0.25, 0.3) is 0 Å². The van der Waals surface area contributed by atoms with E-state index < -0.39 is 0 Å². The smallest absolute Gasteiger partial charge is 0.309 e. The number of unbranched alkanes of at least 4 members (excludes halogenated alkanes) is 3. The maximum absolute atomic E-state index is 12.9. The van der Waals surface area contributed by atoms with Crippen LogP contribution < -0.4 is 0 Å². The summed E-state index contributed by atoms with van der Waals surface area (Å²) < 4.78 is 18.4. The molecule has 0 bridgehead atoms. The maximum atomic E-state index is 12.9. The minimum absolute atomic E-state index is 0.0588. The Bertz CT molecular complexity index is 427. The number of carbonyl (C=O) groups excluding carboxylic acids is 1. The molecule has 0 saturated carbocycles. The van der Waals surface area contributed by atoms with Crippen LogP contribution in [0.2, 0.25) is 0 Å². The molecule has 1 aliphatic heterocycles. The lowest BCUT2D eigenvalue weighted by Gasteiger charge is -2.28. The van der Waals surface area contributed by atoms with Gasteiger partial charge in [0.1, 0.15) is 11.9 Å². The second-order valence-electron chi connectivity index (χ2n) is 5.60. The molecule has 110 valence electrons. The molecule has 1 aliphatic rings. The molecule has 0 aliphatic carbocycles. The van der Waals surface area contributed by atoms with Gasteiger partial charge in [-0.15, -0.1) is 0 Å². The van der Waals surface area contributed by atoms with Crippen LogP contribution in [0, 0.1) is 11.7 Å². The molecule has 0 amide bonds. The van der Waals surface area contributed by atoms with Gasteiger partial charge in [-0.3, -0.25) is 4.79 Å². The molecule has 0 N–H and O–H groups in total. The van der Waals surface area contributed by atoms with E-state index in [2.05, 4.69) is 6.92 Å². The Labute approximate surface area is 120 Å². The molecule has 0 radical (unpaired) electrons. The van der Waals surface area contributed by atoms with E-state index in [1.165, 1.54) is 31.4 Å². The van der Waals surface area contributed by atoms with Gasteiger partial charge in [0.25, 0.3) is 0 Å². The lowest BCUT2D eigenvalue weighted by atomic mass is 9.90. The third kappa shape index (κ3) is 4.06. The Kier molecular flexibility index (Phi) is 5.57. The molecule has 20 heavy (non-hydrogen) atoms. The van der Waals surface area contributed by atoms with Crippen LogP contribution in [-0.2, 0) is 9.53 Å². The topological polar surface area (TPSA) is 26.3 Å². The van der Waals surface area contributed by atoms with E-state index in [1.54, 1.807) is 12.1 Å². The van der Waals surface area contributed by atoms with E-state index in [9.17, 15) is 9.18 Å². The van der Waals surface area contributed by atoms with Crippen LogP contribution in [0.5, 0.6) is 0 Å². The van der Waals surface area contributed by atoms with Crippen LogP contribution >= 0.6 is 0 Å². The predicted molar refractivity (Wildman–Crippen MR) is 76.7 cm³/mol. The zero-order valence-electron chi connectivity index (χ0n) is 12.1. The Hall–Kier alpha value is -1.38. The highest BCUT2D eigenvalue weighted by molar-refractivity contribution is 5.73. The van der Waals surface area contributed by atoms with Gasteiger partial charge >= 0.3 is 5.97 Å². The summed E-state index contributed by atoms with van der Waals surface area (Å²) in [5.74, 6) is -0.282. The number of benzene rings is 1. The standard InChI is InChI=1S/C17H23FO2/c1-2-3-4-5-6-14-9-12-16(20-17(14)19)13-7-10-15(18)11-8-13/h7-8,10-11,14,16H,2-6,9,12H2,1H3. The number of carbonyl (C=O) groups is 1. The van der Waals surface area contributed by atoms with Crippen LogP contribution in [0.4, 0.5) is 4.39 Å². The minimum atomic E-state index is -0.260. The van der Waals surface area contributed by atoms with Gasteiger partial charge in [-0.1, -0.05) is 44.7 Å². The Morgan fingerprint density at radius 3 is 2.55 bits per heavy atom. The van der Waals surface area contributed by atoms with E-state index in [0.717, 1.165) is 31.2 Å². The summed E-state index contributed by atoms with van der Waals surface area (Å²) in [5, 5.41) is 0. The second kappa shape index (κ2) is 7.41. The summed E-state index contributed by atoms with van der Waals surface area (Å²) in [5.41, 5.74) is 0.893. The molecule has 1 heterocycles. The van der Waals surface area contributed by atoms with Gasteiger partial charge in [-0.2, -0.15) is 0 Å². The summed E-state index contributed by atoms with van der Waals surface area (Å²) in [6, 6.07) is 6.24. The fourth-order valence-corrected chi connectivity index (χ4v) is 2.76. The summed E-state index contributed by atoms with van der Waals surface area (Å²) in [6.07, 6.45) is 7.21. The van der Waals surface area contributed by atoms with Crippen LogP contribution in [0.3, 0.4) is 0 Å². The normalized spacial score (nSPS) is 22.6. The van der Waals surface area contributed by atoms with Crippen LogP contribution in [0.15, 0.2) is 24.3 Å². The number of esters is 1. The largest absolute Gasteiger partial charge is 0.457 e. The number of hydrogen-bond acceptors (Lipinski definition) is 2. The van der Waals surface area contributed by atoms with E-state index >= 15 is 0 Å². The van der Waals surface area contributed by atoms with Crippen molar-refractivity contribution in [1.29, 1.82) is 0 Å². The quantitative estimate of drug-likeness (QED) is 0.552. The SMILES string of the molecule is CCCCCCC1CCC(c2ccc(F)cc2)OC1=O. The highest BCUT2D eigenvalue weighted by atomic mass is 19.1. The highest BCUT2D eigenvalue weighted by Crippen LogP contribution is 2.33. The Morgan fingerprint density at radius 1 is 1.15 bits per heavy atom. The van der Waals surface area contributed by atoms with Crippen molar-refractivity contribution in [3.63, 3.8) is 0 Å². The molecule has 1 aromatic carbocycles. The zero-order chi connectivity index (χ0) is 14.4. The molecular weight excluding hydrogens is 255 g/mol. The number of hydrogen-bond donors (Lipinski definition) is 0. The summed E-state index contributed by atoms with van der Waals surface area (Å²) in [4.78, 5) is 12.0. The zero-order valence-corrected chi connectivity index (χ0v) is 12.1. The molecule has 1 fully saturated rings. The molecule has 2 atom stereocenters. The van der Waals surface area contributed by atoms with Gasteiger partial charge in [0, 0.05) is 0 Å². The average Bonchev–Trinajstić information content (AvgIpc) is 2.46. The van der Waals surface area contributed by atoms with Crippen molar-refractivity contribution in [3.8, 4) is 0 Å². The number of cyclic esters (lactones) is 1. The van der Waals surface area contributed by atoms with Gasteiger partial charge in [0.15, 0.2) is 0 Å². The molecule has 2 nitrogen and oxygen atoms in total. The van der Waals surface area contributed by atoms with Gasteiger partial charge in [-0.25, -0.2) is 4.39 Å². The molecule has 1 saturated heterocycles. The predicted octanol–water partition coefficient (Wildman–Crippen LogP) is 4.79. The fourth-order valence-electron chi connectivity index (χ4n) is 2.76. The molecule has 1 aromatic rings. The van der Waals surface area contributed by atoms with Crippen molar-refractivity contribution in [2.45, 2.75) is 58.0 Å². The van der Waals surface area contributed by atoms with Crippen molar-refractivity contribution >= 4 is 5.97 Å². The Morgan fingerprint density at radius 2 is 1.90 bits per heavy atom. The number of halogens is 1. The van der Waals surface area contributed by atoms with E-state index in [1.807, 2.05) is 0 Å². The summed E-state index contributed by atoms with van der Waals surface area (Å²) in [7, 11) is 0. The molecule has 2 unspecified atom stereocenters. The lowest BCUT2D eigenvalue weighted by molar-refractivity contribution is -0.161. The van der Waals surface area contributed by atoms with Gasteiger partial charge < -0.3 is 4.74 Å². The Balaban J connectivity index is 1.82. The minimum Gasteiger partial charge on any atom is -0.457 e. The molecule has 0 aromatic heterocycles. The fraction of sp³-hybridized carbons (Fsp3) is 0.588. The monoisotopic (exact) mass is 278 g/mol. The van der Waals surface area contributed by atoms with Crippen molar-refractivity contribution in [3.05, 3.63) is 35.6 Å². The first-order valence-corrected chi connectivity index (χ1v) is 7.66. The number of ether oxygens (including phenoxy) is 1. The van der Waals surface area contributed by atoms with Gasteiger partial charge in [-0.05, 0) is 37.0 Å². The lowest BCUT2D eigenvalue weighted by Crippen LogP contribution is -2.26. The summed E-state index contributed by atoms with van der Waals surface area (Å²) >= 11 is 0. The van der Waals surface area contributed by atoms with E-state index in [-0.39, 0.29) is 23.8 Å². The molecule has 2 rings (SSSR count). The molecule has 3 heteroatoms. The van der Waals surface area contributed by atoms with Crippen LogP contribution in [0.1, 0.15) is 63.5 Å². The van der Waals surface area contributed by atoms with Gasteiger partial charge in [0.2, 0.25) is 0 Å². The van der Waals surface area contributed by atoms with E-state index in [4.69, 9.17) is 4.74 Å². The maximum Gasteiger partial charge on any atom is 0.309 e. The van der Waals surface area contributed by atoms with Crippen molar-refractivity contribution in [1.82, 2.24) is 0 Å². The first kappa shape index (κ1) is 15.0. The second-order valence-corrected chi connectivity index (χ2v) is 5.60. The molecular formula is C17H23FO2. The van der Waals surface area contributed by atoms with E-state index in [0.29, 0.717) is 0 Å². The van der Waals surface area contributed by atoms with Crippen LogP contribution in [-0.4, -0.2) is 5.97 Å². The summed E-state index contributed by atoms with van der Waals surface area (Å²) in [6.45, 7) is 2.18. The highest BCUT2D eigenvalue weighted by Gasteiger charge is 2.30. The number of rotatable bonds is 6.